The van der Waals surface area contributed by atoms with E-state index in [0.29, 0.717) is 35.5 Å². The molecule has 0 radical (unpaired) electrons. The highest BCUT2D eigenvalue weighted by molar-refractivity contribution is 5.44. The fraction of sp³-hybridized carbons (Fsp3) is 0.708. The first kappa shape index (κ1) is 23.1. The fourth-order valence-electron chi connectivity index (χ4n) is 5.05. The maximum absolute atomic E-state index is 5.98. The van der Waals surface area contributed by atoms with Crippen molar-refractivity contribution in [3.05, 3.63) is 30.1 Å². The minimum absolute atomic E-state index is 0.451. The standard InChI is InChI=1S/C24H38N6O2/c1-17(2)21-12-19(13-23-27-28-24(32-23)22-15-26-16-29(22)4)18(3)11-20(21)14-25-5-6-30-7-9-31-10-8-30/h11,15-17,19-21,25H,5-10,12-14H2,1-4H3/t19-,20-,21-/m0/s1. The van der Waals surface area contributed by atoms with Gasteiger partial charge in [0.05, 0.1) is 25.7 Å². The number of allylic oxidation sites excluding steroid dienone is 1. The van der Waals surface area contributed by atoms with E-state index >= 15 is 0 Å². The summed E-state index contributed by atoms with van der Waals surface area (Å²) in [6.07, 6.45) is 7.97. The van der Waals surface area contributed by atoms with Crippen LogP contribution in [0.15, 0.2) is 28.6 Å². The molecule has 8 nitrogen and oxygen atoms in total. The molecule has 32 heavy (non-hydrogen) atoms. The molecule has 0 bridgehead atoms. The van der Waals surface area contributed by atoms with Crippen LogP contribution in [0.5, 0.6) is 0 Å². The minimum atomic E-state index is 0.451. The van der Waals surface area contributed by atoms with Gasteiger partial charge in [0.2, 0.25) is 5.89 Å². The molecule has 1 N–H and O–H groups in total. The van der Waals surface area contributed by atoms with Crippen LogP contribution in [0, 0.1) is 23.7 Å². The van der Waals surface area contributed by atoms with Gasteiger partial charge in [-0.25, -0.2) is 4.98 Å². The molecule has 0 saturated carbocycles. The molecule has 1 aliphatic carbocycles. The Bertz CT molecular complexity index is 883. The Hall–Kier alpha value is -2.03. The molecule has 1 saturated heterocycles. The number of hydrogen-bond donors (Lipinski definition) is 1. The van der Waals surface area contributed by atoms with E-state index in [9.17, 15) is 0 Å². The van der Waals surface area contributed by atoms with Crippen LogP contribution in [0.2, 0.25) is 0 Å². The van der Waals surface area contributed by atoms with E-state index in [0.717, 1.165) is 58.1 Å². The Labute approximate surface area is 191 Å². The second-order valence-corrected chi connectivity index (χ2v) is 9.67. The molecule has 2 aromatic rings. The summed E-state index contributed by atoms with van der Waals surface area (Å²) in [4.78, 5) is 6.63. The van der Waals surface area contributed by atoms with E-state index in [4.69, 9.17) is 9.15 Å². The molecular formula is C24H38N6O2. The summed E-state index contributed by atoms with van der Waals surface area (Å²) in [5.41, 5.74) is 2.30. The monoisotopic (exact) mass is 442 g/mol. The predicted octanol–water partition coefficient (Wildman–Crippen LogP) is 2.79. The number of ether oxygens (including phenoxy) is 1. The van der Waals surface area contributed by atoms with Crippen LogP contribution in [0.4, 0.5) is 0 Å². The molecule has 0 spiro atoms. The highest BCUT2D eigenvalue weighted by Crippen LogP contribution is 2.38. The van der Waals surface area contributed by atoms with E-state index in [1.54, 1.807) is 12.5 Å². The second-order valence-electron chi connectivity index (χ2n) is 9.67. The van der Waals surface area contributed by atoms with Crippen LogP contribution in [-0.4, -0.2) is 70.6 Å². The maximum atomic E-state index is 5.98. The molecule has 0 amide bonds. The van der Waals surface area contributed by atoms with Crippen LogP contribution in [0.1, 0.15) is 33.1 Å². The first-order chi connectivity index (χ1) is 15.5. The van der Waals surface area contributed by atoms with Crippen LogP contribution in [-0.2, 0) is 18.2 Å². The third-order valence-corrected chi connectivity index (χ3v) is 7.10. The van der Waals surface area contributed by atoms with Gasteiger partial charge in [0.1, 0.15) is 5.69 Å². The van der Waals surface area contributed by atoms with Crippen molar-refractivity contribution in [2.24, 2.45) is 30.7 Å². The molecule has 1 aliphatic heterocycles. The largest absolute Gasteiger partial charge is 0.419 e. The van der Waals surface area contributed by atoms with Crippen molar-refractivity contribution >= 4 is 0 Å². The van der Waals surface area contributed by atoms with Gasteiger partial charge < -0.3 is 19.0 Å². The number of nitrogens with zero attached hydrogens (tertiary/aromatic N) is 5. The lowest BCUT2D eigenvalue weighted by Crippen LogP contribution is -2.42. The van der Waals surface area contributed by atoms with Gasteiger partial charge in [-0.2, -0.15) is 0 Å². The molecule has 2 aliphatic rings. The van der Waals surface area contributed by atoms with Crippen molar-refractivity contribution in [2.75, 3.05) is 45.9 Å². The van der Waals surface area contributed by atoms with Crippen molar-refractivity contribution in [3.8, 4) is 11.6 Å². The topological polar surface area (TPSA) is 81.2 Å². The van der Waals surface area contributed by atoms with Gasteiger partial charge in [-0.3, -0.25) is 4.90 Å². The van der Waals surface area contributed by atoms with Gasteiger partial charge in [-0.15, -0.1) is 10.2 Å². The number of hydrogen-bond acceptors (Lipinski definition) is 7. The molecule has 8 heteroatoms. The van der Waals surface area contributed by atoms with Crippen LogP contribution >= 0.6 is 0 Å². The lowest BCUT2D eigenvalue weighted by molar-refractivity contribution is 0.0382. The summed E-state index contributed by atoms with van der Waals surface area (Å²) in [6.45, 7) is 14.0. The van der Waals surface area contributed by atoms with Gasteiger partial charge in [-0.1, -0.05) is 25.5 Å². The Kier molecular flexibility index (Phi) is 7.75. The molecule has 0 aromatic carbocycles. The van der Waals surface area contributed by atoms with Gasteiger partial charge in [0.25, 0.3) is 5.89 Å². The number of nitrogens with one attached hydrogen (secondary N) is 1. The highest BCUT2D eigenvalue weighted by Gasteiger charge is 2.32. The zero-order chi connectivity index (χ0) is 22.5. The van der Waals surface area contributed by atoms with Crippen molar-refractivity contribution in [1.82, 2.24) is 30.0 Å². The number of imidazole rings is 1. The SMILES string of the molecule is CC1=C[C@@H](CNCCN2CCOCC2)[C@H](C(C)C)C[C@H]1Cc1nnc(-c2cncn2C)o1. The predicted molar refractivity (Wildman–Crippen MR) is 124 cm³/mol. The summed E-state index contributed by atoms with van der Waals surface area (Å²) in [5, 5.41) is 12.3. The summed E-state index contributed by atoms with van der Waals surface area (Å²) in [5.74, 6) is 3.57. The summed E-state index contributed by atoms with van der Waals surface area (Å²) in [7, 11) is 1.93. The van der Waals surface area contributed by atoms with Crippen LogP contribution in [0.25, 0.3) is 11.6 Å². The van der Waals surface area contributed by atoms with Crippen molar-refractivity contribution < 1.29 is 9.15 Å². The first-order valence-corrected chi connectivity index (χ1v) is 12.0. The average molecular weight is 443 g/mol. The molecule has 0 unspecified atom stereocenters. The lowest BCUT2D eigenvalue weighted by atomic mass is 9.70. The van der Waals surface area contributed by atoms with Crippen LogP contribution < -0.4 is 5.32 Å². The van der Waals surface area contributed by atoms with E-state index < -0.39 is 0 Å². The Morgan fingerprint density at radius 3 is 2.75 bits per heavy atom. The number of aromatic nitrogens is 4. The number of rotatable bonds is 9. The third-order valence-electron chi connectivity index (χ3n) is 7.10. The summed E-state index contributed by atoms with van der Waals surface area (Å²) < 4.78 is 13.3. The first-order valence-electron chi connectivity index (χ1n) is 12.0. The Morgan fingerprint density at radius 2 is 2.03 bits per heavy atom. The average Bonchev–Trinajstić information content (AvgIpc) is 3.42. The molecule has 3 atom stereocenters. The van der Waals surface area contributed by atoms with Crippen LogP contribution in [0.3, 0.4) is 0 Å². The highest BCUT2D eigenvalue weighted by atomic mass is 16.5. The molecule has 176 valence electrons. The summed E-state index contributed by atoms with van der Waals surface area (Å²) in [6, 6.07) is 0. The van der Waals surface area contributed by atoms with Crippen molar-refractivity contribution in [3.63, 3.8) is 0 Å². The van der Waals surface area contributed by atoms with Gasteiger partial charge in [0, 0.05) is 46.2 Å². The lowest BCUT2D eigenvalue weighted by Gasteiger charge is -2.37. The quantitative estimate of drug-likeness (QED) is 0.472. The van der Waals surface area contributed by atoms with E-state index in [-0.39, 0.29) is 0 Å². The fourth-order valence-corrected chi connectivity index (χ4v) is 5.05. The normalized spacial score (nSPS) is 24.8. The maximum Gasteiger partial charge on any atom is 0.265 e. The van der Waals surface area contributed by atoms with Crippen molar-refractivity contribution in [2.45, 2.75) is 33.6 Å². The van der Waals surface area contributed by atoms with Gasteiger partial charge >= 0.3 is 0 Å². The van der Waals surface area contributed by atoms with Crippen molar-refractivity contribution in [1.29, 1.82) is 0 Å². The molecule has 2 aromatic heterocycles. The van der Waals surface area contributed by atoms with E-state index in [2.05, 4.69) is 52.2 Å². The van der Waals surface area contributed by atoms with Gasteiger partial charge in [-0.05, 0) is 37.0 Å². The second kappa shape index (κ2) is 10.7. The summed E-state index contributed by atoms with van der Waals surface area (Å²) >= 11 is 0. The van der Waals surface area contributed by atoms with E-state index in [1.807, 2.05) is 11.6 Å². The molecule has 3 heterocycles. The molecule has 4 rings (SSSR count). The molecule has 1 fully saturated rings. The van der Waals surface area contributed by atoms with Gasteiger partial charge in [0.15, 0.2) is 0 Å². The zero-order valence-electron chi connectivity index (χ0n) is 20.0. The number of aryl methyl sites for hydroxylation is 1. The molecular weight excluding hydrogens is 404 g/mol. The zero-order valence-corrected chi connectivity index (χ0v) is 20.0. The number of morpholine rings is 1. The smallest absolute Gasteiger partial charge is 0.265 e. The Morgan fingerprint density at radius 1 is 1.22 bits per heavy atom. The minimum Gasteiger partial charge on any atom is -0.419 e. The Balaban J connectivity index is 1.33. The van der Waals surface area contributed by atoms with E-state index in [1.165, 1.54) is 12.0 Å². The third kappa shape index (κ3) is 5.66.